The van der Waals surface area contributed by atoms with Crippen molar-refractivity contribution in [2.24, 2.45) is 5.73 Å². The van der Waals surface area contributed by atoms with Gasteiger partial charge in [0.15, 0.2) is 0 Å². The first-order valence-corrected chi connectivity index (χ1v) is 10.1. The van der Waals surface area contributed by atoms with Gasteiger partial charge in [-0.15, -0.1) is 0 Å². The van der Waals surface area contributed by atoms with E-state index >= 15 is 0 Å². The number of hydrogen-bond acceptors (Lipinski definition) is 4. The third-order valence-corrected chi connectivity index (χ3v) is 6.42. The Morgan fingerprint density at radius 1 is 1.16 bits per heavy atom. The highest BCUT2D eigenvalue weighted by Gasteiger charge is 2.28. The molecule has 0 unspecified atom stereocenters. The summed E-state index contributed by atoms with van der Waals surface area (Å²) in [6, 6.07) is 13.6. The standard InChI is InChI=1S/C18H23N3O3S/c19-12-17(16-8-7-14-5-1-2-6-15(14)11-16)20-18(22)13-21-9-3-4-10-25(21,23)24/h1-2,5-8,11,17H,3-4,9-10,12-13,19H2,(H,20,22)/t17-/m0/s1. The van der Waals surface area contributed by atoms with Gasteiger partial charge in [-0.25, -0.2) is 8.42 Å². The second-order valence-corrected chi connectivity index (χ2v) is 8.41. The second kappa shape index (κ2) is 7.51. The van der Waals surface area contributed by atoms with E-state index in [4.69, 9.17) is 5.73 Å². The molecule has 0 radical (unpaired) electrons. The van der Waals surface area contributed by atoms with E-state index in [-0.39, 0.29) is 30.8 Å². The molecule has 3 N–H and O–H groups in total. The monoisotopic (exact) mass is 361 g/mol. The van der Waals surface area contributed by atoms with Gasteiger partial charge in [-0.3, -0.25) is 4.79 Å². The molecule has 2 aromatic rings. The summed E-state index contributed by atoms with van der Waals surface area (Å²) in [5.74, 6) is -0.209. The summed E-state index contributed by atoms with van der Waals surface area (Å²) in [6.45, 7) is 0.502. The number of carbonyl (C=O) groups is 1. The van der Waals surface area contributed by atoms with Crippen molar-refractivity contribution in [2.75, 3.05) is 25.4 Å². The summed E-state index contributed by atoms with van der Waals surface area (Å²) in [5.41, 5.74) is 6.75. The van der Waals surface area contributed by atoms with E-state index in [0.29, 0.717) is 13.0 Å². The number of rotatable bonds is 5. The number of carbonyl (C=O) groups excluding carboxylic acids is 1. The van der Waals surface area contributed by atoms with Gasteiger partial charge in [-0.1, -0.05) is 36.4 Å². The van der Waals surface area contributed by atoms with E-state index in [0.717, 1.165) is 22.8 Å². The van der Waals surface area contributed by atoms with Crippen molar-refractivity contribution in [3.63, 3.8) is 0 Å². The van der Waals surface area contributed by atoms with Crippen molar-refractivity contribution >= 4 is 26.7 Å². The largest absolute Gasteiger partial charge is 0.347 e. The van der Waals surface area contributed by atoms with Crippen LogP contribution < -0.4 is 11.1 Å². The minimum absolute atomic E-state index is 0.116. The third-order valence-electron chi connectivity index (χ3n) is 4.52. The van der Waals surface area contributed by atoms with Gasteiger partial charge in [0, 0.05) is 13.1 Å². The average molecular weight is 361 g/mol. The third kappa shape index (κ3) is 4.18. The van der Waals surface area contributed by atoms with Crippen molar-refractivity contribution in [2.45, 2.75) is 18.9 Å². The maximum Gasteiger partial charge on any atom is 0.235 e. The van der Waals surface area contributed by atoms with Crippen LogP contribution in [0.3, 0.4) is 0 Å². The van der Waals surface area contributed by atoms with Crippen molar-refractivity contribution < 1.29 is 13.2 Å². The Morgan fingerprint density at radius 3 is 2.64 bits per heavy atom. The van der Waals surface area contributed by atoms with E-state index in [2.05, 4.69) is 5.32 Å². The molecule has 0 spiro atoms. The lowest BCUT2D eigenvalue weighted by atomic mass is 10.0. The number of nitrogens with one attached hydrogen (secondary N) is 1. The van der Waals surface area contributed by atoms with Crippen molar-refractivity contribution in [3.05, 3.63) is 48.0 Å². The Balaban J connectivity index is 1.71. The lowest BCUT2D eigenvalue weighted by Crippen LogP contribution is -2.45. The minimum atomic E-state index is -3.31. The zero-order valence-electron chi connectivity index (χ0n) is 14.0. The minimum Gasteiger partial charge on any atom is -0.347 e. The number of hydrogen-bond donors (Lipinski definition) is 2. The first-order chi connectivity index (χ1) is 12.0. The number of sulfonamides is 1. The number of nitrogens with two attached hydrogens (primary N) is 1. The molecule has 0 saturated carbocycles. The molecule has 0 aliphatic carbocycles. The van der Waals surface area contributed by atoms with Crippen molar-refractivity contribution in [1.29, 1.82) is 0 Å². The molecule has 1 fully saturated rings. The predicted molar refractivity (Wildman–Crippen MR) is 98.5 cm³/mol. The molecule has 1 aliphatic rings. The Bertz CT molecular complexity index is 867. The summed E-state index contributed by atoms with van der Waals surface area (Å²) >= 11 is 0. The van der Waals surface area contributed by atoms with E-state index < -0.39 is 10.0 Å². The molecule has 1 saturated heterocycles. The summed E-state index contributed by atoms with van der Waals surface area (Å²) in [6.07, 6.45) is 1.44. The predicted octanol–water partition coefficient (Wildman–Crippen LogP) is 1.38. The zero-order chi connectivity index (χ0) is 17.9. The first-order valence-electron chi connectivity index (χ1n) is 8.45. The smallest absolute Gasteiger partial charge is 0.235 e. The Kier molecular flexibility index (Phi) is 5.36. The van der Waals surface area contributed by atoms with Crippen LogP contribution in [-0.2, 0) is 14.8 Å². The van der Waals surface area contributed by atoms with Crippen LogP contribution in [0, 0.1) is 0 Å². The fourth-order valence-corrected chi connectivity index (χ4v) is 4.67. The van der Waals surface area contributed by atoms with Crippen molar-refractivity contribution in [3.8, 4) is 0 Å². The van der Waals surface area contributed by atoms with E-state index in [1.54, 1.807) is 0 Å². The van der Waals surface area contributed by atoms with E-state index in [1.165, 1.54) is 4.31 Å². The second-order valence-electron chi connectivity index (χ2n) is 6.32. The molecular weight excluding hydrogens is 338 g/mol. The molecule has 1 aliphatic heterocycles. The maximum absolute atomic E-state index is 12.3. The molecule has 134 valence electrons. The number of amides is 1. The van der Waals surface area contributed by atoms with Gasteiger partial charge in [0.1, 0.15) is 0 Å². The number of fused-ring (bicyclic) bond motifs is 1. The normalized spacial score (nSPS) is 18.8. The van der Waals surface area contributed by atoms with Crippen LogP contribution in [0.15, 0.2) is 42.5 Å². The quantitative estimate of drug-likeness (QED) is 0.841. The Morgan fingerprint density at radius 2 is 1.92 bits per heavy atom. The molecule has 0 aromatic heterocycles. The highest BCUT2D eigenvalue weighted by atomic mass is 32.2. The van der Waals surface area contributed by atoms with Gasteiger partial charge in [0.2, 0.25) is 15.9 Å². The van der Waals surface area contributed by atoms with Crippen LogP contribution in [0.1, 0.15) is 24.4 Å². The first kappa shape index (κ1) is 17.8. The van der Waals surface area contributed by atoms with Crippen molar-refractivity contribution in [1.82, 2.24) is 9.62 Å². The summed E-state index contributed by atoms with van der Waals surface area (Å²) in [7, 11) is -3.31. The Hall–Kier alpha value is -1.96. The molecule has 6 nitrogen and oxygen atoms in total. The number of benzene rings is 2. The molecule has 1 amide bonds. The summed E-state index contributed by atoms with van der Waals surface area (Å²) in [5, 5.41) is 5.06. The molecule has 7 heteroatoms. The van der Waals surface area contributed by atoms with Gasteiger partial charge < -0.3 is 11.1 Å². The van der Waals surface area contributed by atoms with Gasteiger partial charge >= 0.3 is 0 Å². The lowest BCUT2D eigenvalue weighted by molar-refractivity contribution is -0.122. The van der Waals surface area contributed by atoms with E-state index in [9.17, 15) is 13.2 Å². The van der Waals surface area contributed by atoms with Gasteiger partial charge in [0.05, 0.1) is 18.3 Å². The maximum atomic E-state index is 12.3. The van der Waals surface area contributed by atoms with Crippen LogP contribution >= 0.6 is 0 Å². The fourth-order valence-electron chi connectivity index (χ4n) is 3.12. The summed E-state index contributed by atoms with van der Waals surface area (Å²) in [4.78, 5) is 12.3. The van der Waals surface area contributed by atoms with Crippen LogP contribution in [0.25, 0.3) is 10.8 Å². The highest BCUT2D eigenvalue weighted by Crippen LogP contribution is 2.20. The lowest BCUT2D eigenvalue weighted by Gasteiger charge is -2.26. The molecule has 1 atom stereocenters. The van der Waals surface area contributed by atoms with Gasteiger partial charge in [-0.2, -0.15) is 4.31 Å². The average Bonchev–Trinajstić information content (AvgIpc) is 2.61. The Labute approximate surface area is 148 Å². The van der Waals surface area contributed by atoms with Crippen LogP contribution in [0.2, 0.25) is 0 Å². The topological polar surface area (TPSA) is 92.5 Å². The van der Waals surface area contributed by atoms with Crippen LogP contribution in [0.4, 0.5) is 0 Å². The molecule has 1 heterocycles. The van der Waals surface area contributed by atoms with Crippen LogP contribution in [0.5, 0.6) is 0 Å². The zero-order valence-corrected chi connectivity index (χ0v) is 14.8. The SMILES string of the molecule is NC[C@H](NC(=O)CN1CCCCS1(=O)=O)c1ccc2ccccc2c1. The summed E-state index contributed by atoms with van der Waals surface area (Å²) < 4.78 is 25.3. The van der Waals surface area contributed by atoms with E-state index in [1.807, 2.05) is 42.5 Å². The molecular formula is C18H23N3O3S. The van der Waals surface area contributed by atoms with Crippen LogP contribution in [-0.4, -0.2) is 44.0 Å². The molecule has 25 heavy (non-hydrogen) atoms. The number of nitrogens with zero attached hydrogens (tertiary/aromatic N) is 1. The van der Waals surface area contributed by atoms with Gasteiger partial charge in [0.25, 0.3) is 0 Å². The fraction of sp³-hybridized carbons (Fsp3) is 0.389. The molecule has 2 aromatic carbocycles. The molecule has 0 bridgehead atoms. The molecule has 3 rings (SSSR count). The highest BCUT2D eigenvalue weighted by molar-refractivity contribution is 7.89. The van der Waals surface area contributed by atoms with Gasteiger partial charge in [-0.05, 0) is 35.2 Å².